The first-order valence-corrected chi connectivity index (χ1v) is 8.60. The molecule has 0 bridgehead atoms. The van der Waals surface area contributed by atoms with E-state index in [9.17, 15) is 9.59 Å². The van der Waals surface area contributed by atoms with Crippen molar-refractivity contribution >= 4 is 38.2 Å². The Balaban J connectivity index is 2.17. The van der Waals surface area contributed by atoms with Gasteiger partial charge in [-0.05, 0) is 59.2 Å². The number of hydrogen-bond acceptors (Lipinski definition) is 5. The van der Waals surface area contributed by atoms with Crippen LogP contribution in [0.2, 0.25) is 0 Å². The molecule has 1 aromatic carbocycles. The summed E-state index contributed by atoms with van der Waals surface area (Å²) in [5.74, 6) is 0.0930. The van der Waals surface area contributed by atoms with Crippen LogP contribution in [-0.4, -0.2) is 50.9 Å². The molecule has 1 aromatic rings. The molecule has 0 aliphatic carbocycles. The lowest BCUT2D eigenvalue weighted by Crippen LogP contribution is -2.24. The van der Waals surface area contributed by atoms with E-state index in [0.29, 0.717) is 37.4 Å². The molecule has 130 valence electrons. The van der Waals surface area contributed by atoms with Gasteiger partial charge in [0.15, 0.2) is 0 Å². The molecule has 2 rings (SSSR count). The first-order valence-electron chi connectivity index (χ1n) is 7.52. The predicted molar refractivity (Wildman–Crippen MR) is 98.6 cm³/mol. The van der Waals surface area contributed by atoms with Gasteiger partial charge in [0.25, 0.3) is 0 Å². The van der Waals surface area contributed by atoms with Crippen molar-refractivity contribution in [1.29, 1.82) is 0 Å². The number of ether oxygens (including phenoxy) is 3. The number of nitrogens with zero attached hydrogens (tertiary/aromatic N) is 1. The molecule has 0 saturated carbocycles. The number of hydrogen-bond donors (Lipinski definition) is 0. The lowest BCUT2D eigenvalue weighted by Gasteiger charge is -2.13. The average molecular weight is 445 g/mol. The van der Waals surface area contributed by atoms with Crippen LogP contribution in [0, 0.1) is 6.92 Å². The number of amides is 1. The fraction of sp³-hybridized carbons (Fsp3) is 0.412. The third-order valence-electron chi connectivity index (χ3n) is 3.73. The molecule has 0 radical (unpaired) electrons. The molecule has 1 amide bonds. The third kappa shape index (κ3) is 4.19. The normalized spacial score (nSPS) is 14.6. The van der Waals surface area contributed by atoms with Gasteiger partial charge in [-0.3, -0.25) is 0 Å². The molecule has 1 saturated heterocycles. The lowest BCUT2D eigenvalue weighted by atomic mass is 10.0. The van der Waals surface area contributed by atoms with Crippen LogP contribution in [0.4, 0.5) is 4.79 Å². The molecule has 0 atom stereocenters. The van der Waals surface area contributed by atoms with Crippen molar-refractivity contribution in [3.05, 3.63) is 34.9 Å². The summed E-state index contributed by atoms with van der Waals surface area (Å²) in [4.78, 5) is 25.0. The van der Waals surface area contributed by atoms with Crippen molar-refractivity contribution in [2.75, 3.05) is 33.9 Å². The molecule has 1 fully saturated rings. The van der Waals surface area contributed by atoms with Crippen molar-refractivity contribution in [1.82, 2.24) is 4.90 Å². The smallest absolute Gasteiger partial charge is 0.409 e. The van der Waals surface area contributed by atoms with Crippen LogP contribution in [0.15, 0.2) is 18.2 Å². The van der Waals surface area contributed by atoms with E-state index >= 15 is 0 Å². The summed E-state index contributed by atoms with van der Waals surface area (Å²) in [6.07, 6.45) is 2.49. The number of methoxy groups -OCH3 is 2. The summed E-state index contributed by atoms with van der Waals surface area (Å²) < 4.78 is 16.0. The summed E-state index contributed by atoms with van der Waals surface area (Å²) in [6.45, 7) is 3.60. The molecule has 0 unspecified atom stereocenters. The minimum absolute atomic E-state index is 0.258. The number of benzene rings is 1. The van der Waals surface area contributed by atoms with Gasteiger partial charge >= 0.3 is 12.1 Å². The van der Waals surface area contributed by atoms with Gasteiger partial charge in [0.1, 0.15) is 17.9 Å². The second-order valence-corrected chi connectivity index (χ2v) is 6.47. The van der Waals surface area contributed by atoms with E-state index in [4.69, 9.17) is 14.2 Å². The van der Waals surface area contributed by atoms with Gasteiger partial charge in [-0.15, -0.1) is 0 Å². The van der Waals surface area contributed by atoms with Gasteiger partial charge in [0.05, 0.1) is 20.8 Å². The van der Waals surface area contributed by atoms with Gasteiger partial charge in [0.2, 0.25) is 0 Å². The second kappa shape index (κ2) is 8.36. The zero-order valence-electron chi connectivity index (χ0n) is 13.9. The molecule has 6 nitrogen and oxygen atoms in total. The monoisotopic (exact) mass is 445 g/mol. The molecule has 1 aliphatic heterocycles. The van der Waals surface area contributed by atoms with Crippen molar-refractivity contribution in [2.45, 2.75) is 13.3 Å². The summed E-state index contributed by atoms with van der Waals surface area (Å²) in [5.41, 5.74) is 2.18. The standard InChI is InChI=1S/C17H20INO5/c1-11-9-12(10-13(15(11)22-2)16(20)23-3)14(18)5-4-6-19-7-8-24-17(19)21/h5,9-10H,4,6-8H2,1-3H3. The number of rotatable bonds is 6. The highest BCUT2D eigenvalue weighted by Crippen LogP contribution is 2.31. The van der Waals surface area contributed by atoms with Crippen LogP contribution < -0.4 is 4.74 Å². The number of cyclic esters (lactones) is 1. The molecule has 1 aliphatic rings. The van der Waals surface area contributed by atoms with Crippen molar-refractivity contribution in [2.24, 2.45) is 0 Å². The first-order chi connectivity index (χ1) is 11.5. The summed E-state index contributed by atoms with van der Waals surface area (Å²) >= 11 is 2.23. The molecule has 0 aromatic heterocycles. The van der Waals surface area contributed by atoms with Crippen molar-refractivity contribution in [3.63, 3.8) is 0 Å². The van der Waals surface area contributed by atoms with E-state index < -0.39 is 5.97 Å². The van der Waals surface area contributed by atoms with Crippen LogP contribution in [0.3, 0.4) is 0 Å². The number of esters is 1. The maximum atomic E-state index is 12.0. The number of carbonyl (C=O) groups is 2. The maximum Gasteiger partial charge on any atom is 0.409 e. The van der Waals surface area contributed by atoms with E-state index in [1.54, 1.807) is 11.0 Å². The van der Waals surface area contributed by atoms with Crippen LogP contribution in [0.1, 0.15) is 27.9 Å². The zero-order chi connectivity index (χ0) is 17.7. The minimum Gasteiger partial charge on any atom is -0.496 e. The molecule has 24 heavy (non-hydrogen) atoms. The van der Waals surface area contributed by atoms with Crippen LogP contribution in [0.25, 0.3) is 3.58 Å². The fourth-order valence-electron chi connectivity index (χ4n) is 2.54. The predicted octanol–water partition coefficient (Wildman–Crippen LogP) is 3.41. The topological polar surface area (TPSA) is 65.1 Å². The summed E-state index contributed by atoms with van der Waals surface area (Å²) in [6, 6.07) is 3.73. The minimum atomic E-state index is -0.430. The Labute approximate surface area is 154 Å². The highest BCUT2D eigenvalue weighted by Gasteiger charge is 2.21. The molecular formula is C17H20INO5. The summed E-state index contributed by atoms with van der Waals surface area (Å²) in [5, 5.41) is 0. The van der Waals surface area contributed by atoms with E-state index in [1.807, 2.05) is 19.1 Å². The second-order valence-electron chi connectivity index (χ2n) is 5.31. The number of carbonyl (C=O) groups excluding carboxylic acids is 2. The molecule has 7 heteroatoms. The molecular weight excluding hydrogens is 425 g/mol. The zero-order valence-corrected chi connectivity index (χ0v) is 16.1. The number of halogens is 1. The maximum absolute atomic E-state index is 12.0. The van der Waals surface area contributed by atoms with E-state index in [1.165, 1.54) is 14.2 Å². The molecule has 0 N–H and O–H groups in total. The molecule has 1 heterocycles. The Bertz CT molecular complexity index is 671. The largest absolute Gasteiger partial charge is 0.496 e. The summed E-state index contributed by atoms with van der Waals surface area (Å²) in [7, 11) is 2.88. The Morgan fingerprint density at radius 3 is 2.75 bits per heavy atom. The lowest BCUT2D eigenvalue weighted by molar-refractivity contribution is 0.0597. The highest BCUT2D eigenvalue weighted by atomic mass is 127. The highest BCUT2D eigenvalue weighted by molar-refractivity contribution is 14.1. The first kappa shape index (κ1) is 18.6. The van der Waals surface area contributed by atoms with Crippen molar-refractivity contribution in [3.8, 4) is 5.75 Å². The van der Waals surface area contributed by atoms with Gasteiger partial charge in [-0.1, -0.05) is 6.08 Å². The van der Waals surface area contributed by atoms with Crippen molar-refractivity contribution < 1.29 is 23.8 Å². The van der Waals surface area contributed by atoms with Gasteiger partial charge in [-0.25, -0.2) is 9.59 Å². The Morgan fingerprint density at radius 1 is 1.42 bits per heavy atom. The average Bonchev–Trinajstić information content (AvgIpc) is 2.98. The van der Waals surface area contributed by atoms with E-state index in [-0.39, 0.29) is 6.09 Å². The molecule has 0 spiro atoms. The Kier molecular flexibility index (Phi) is 6.47. The SMILES string of the molecule is COC(=O)c1cc(C(I)=CCCN2CCOC2=O)cc(C)c1OC. The van der Waals surface area contributed by atoms with Crippen LogP contribution in [-0.2, 0) is 9.47 Å². The van der Waals surface area contributed by atoms with Gasteiger partial charge < -0.3 is 19.1 Å². The quantitative estimate of drug-likeness (QED) is 0.496. The van der Waals surface area contributed by atoms with Crippen LogP contribution >= 0.6 is 22.6 Å². The van der Waals surface area contributed by atoms with Gasteiger partial charge in [-0.2, -0.15) is 0 Å². The Morgan fingerprint density at radius 2 is 2.17 bits per heavy atom. The Hall–Kier alpha value is -1.77. The van der Waals surface area contributed by atoms with Gasteiger partial charge in [0, 0.05) is 10.1 Å². The van der Waals surface area contributed by atoms with Crippen LogP contribution in [0.5, 0.6) is 5.75 Å². The number of aryl methyl sites for hydroxylation is 1. The van der Waals surface area contributed by atoms with E-state index in [2.05, 4.69) is 22.6 Å². The fourth-order valence-corrected chi connectivity index (χ4v) is 3.16. The van der Waals surface area contributed by atoms with E-state index in [0.717, 1.165) is 14.7 Å². The third-order valence-corrected chi connectivity index (χ3v) is 4.79.